The van der Waals surface area contributed by atoms with Gasteiger partial charge in [-0.05, 0) is 34.8 Å². The second kappa shape index (κ2) is 5.53. The van der Waals surface area contributed by atoms with Crippen molar-refractivity contribution in [3.05, 3.63) is 22.4 Å². The molecule has 1 heterocycles. The van der Waals surface area contributed by atoms with Gasteiger partial charge in [0.15, 0.2) is 0 Å². The molecule has 0 fully saturated rings. The molecule has 1 aromatic heterocycles. The van der Waals surface area contributed by atoms with Gasteiger partial charge in [0.25, 0.3) is 5.91 Å². The predicted molar refractivity (Wildman–Crippen MR) is 69.5 cm³/mol. The lowest BCUT2D eigenvalue weighted by molar-refractivity contribution is 0.0736. The van der Waals surface area contributed by atoms with Crippen molar-refractivity contribution in [1.82, 2.24) is 9.47 Å². The molecule has 0 saturated heterocycles. The summed E-state index contributed by atoms with van der Waals surface area (Å²) in [4.78, 5) is 14.1. The number of halogens is 1. The van der Waals surface area contributed by atoms with E-state index in [2.05, 4.69) is 29.8 Å². The highest BCUT2D eigenvalue weighted by molar-refractivity contribution is 9.10. The minimum Gasteiger partial charge on any atom is -0.345 e. The Kier molecular flexibility index (Phi) is 4.59. The second-order valence-electron chi connectivity index (χ2n) is 4.39. The molecular weight excluding hydrogens is 268 g/mol. The first-order valence-electron chi connectivity index (χ1n) is 5.56. The Morgan fingerprint density at radius 3 is 2.56 bits per heavy atom. The first-order chi connectivity index (χ1) is 7.45. The minimum absolute atomic E-state index is 0.101. The lowest BCUT2D eigenvalue weighted by Gasteiger charge is -2.23. The first-order valence-corrected chi connectivity index (χ1v) is 6.36. The van der Waals surface area contributed by atoms with Gasteiger partial charge in [-0.1, -0.05) is 13.8 Å². The Morgan fingerprint density at radius 2 is 2.19 bits per heavy atom. The maximum absolute atomic E-state index is 12.2. The van der Waals surface area contributed by atoms with Gasteiger partial charge >= 0.3 is 0 Å². The summed E-state index contributed by atoms with van der Waals surface area (Å²) in [6, 6.07) is 1.87. The Morgan fingerprint density at radius 1 is 1.56 bits per heavy atom. The molecule has 1 aromatic rings. The molecule has 1 rings (SSSR count). The molecule has 0 aliphatic heterocycles. The van der Waals surface area contributed by atoms with Crippen LogP contribution < -0.4 is 0 Å². The zero-order valence-electron chi connectivity index (χ0n) is 10.3. The Bertz CT molecular complexity index is 371. The van der Waals surface area contributed by atoms with Gasteiger partial charge in [-0.25, -0.2) is 0 Å². The predicted octanol–water partition coefficient (Wildman–Crippen LogP) is 2.91. The first kappa shape index (κ1) is 13.3. The van der Waals surface area contributed by atoms with E-state index in [0.29, 0.717) is 5.92 Å². The summed E-state index contributed by atoms with van der Waals surface area (Å²) in [5, 5.41) is 0. The zero-order valence-corrected chi connectivity index (χ0v) is 11.9. The molecular formula is C12H19BrN2O. The summed E-state index contributed by atoms with van der Waals surface area (Å²) in [7, 11) is 1.89. The number of carbonyl (C=O) groups is 1. The van der Waals surface area contributed by atoms with Crippen molar-refractivity contribution in [3.8, 4) is 0 Å². The summed E-state index contributed by atoms with van der Waals surface area (Å²) >= 11 is 3.38. The summed E-state index contributed by atoms with van der Waals surface area (Å²) in [6.45, 7) is 7.81. The molecule has 4 heteroatoms. The summed E-state index contributed by atoms with van der Waals surface area (Å²) in [5.41, 5.74) is 0.731. The van der Waals surface area contributed by atoms with E-state index in [9.17, 15) is 4.79 Å². The normalized spacial score (nSPS) is 10.9. The average Bonchev–Trinajstić information content (AvgIpc) is 2.53. The van der Waals surface area contributed by atoms with Crippen LogP contribution in [-0.4, -0.2) is 28.5 Å². The summed E-state index contributed by atoms with van der Waals surface area (Å²) < 4.78 is 2.80. The van der Waals surface area contributed by atoms with Crippen molar-refractivity contribution in [2.75, 3.05) is 13.1 Å². The van der Waals surface area contributed by atoms with Crippen LogP contribution in [0.4, 0.5) is 0 Å². The van der Waals surface area contributed by atoms with Crippen LogP contribution in [0.25, 0.3) is 0 Å². The molecule has 0 N–H and O–H groups in total. The fourth-order valence-electron chi connectivity index (χ4n) is 1.70. The Balaban J connectivity index is 2.86. The van der Waals surface area contributed by atoms with E-state index in [1.807, 2.05) is 35.7 Å². The fourth-order valence-corrected chi connectivity index (χ4v) is 2.22. The number of nitrogens with zero attached hydrogens (tertiary/aromatic N) is 2. The summed E-state index contributed by atoms with van der Waals surface area (Å²) in [6.07, 6.45) is 1.90. The zero-order chi connectivity index (χ0) is 12.3. The quantitative estimate of drug-likeness (QED) is 0.836. The molecule has 1 amide bonds. The highest BCUT2D eigenvalue weighted by Crippen LogP contribution is 2.16. The number of rotatable bonds is 4. The van der Waals surface area contributed by atoms with Gasteiger partial charge in [-0.3, -0.25) is 4.79 Å². The molecule has 0 saturated carbocycles. The van der Waals surface area contributed by atoms with Crippen molar-refractivity contribution < 1.29 is 4.79 Å². The van der Waals surface area contributed by atoms with Gasteiger partial charge in [0.05, 0.1) is 0 Å². The van der Waals surface area contributed by atoms with Crippen LogP contribution in [-0.2, 0) is 7.05 Å². The monoisotopic (exact) mass is 286 g/mol. The Hall–Kier alpha value is -0.770. The van der Waals surface area contributed by atoms with Gasteiger partial charge in [0.2, 0.25) is 0 Å². The molecule has 0 aliphatic carbocycles. The van der Waals surface area contributed by atoms with Gasteiger partial charge in [-0.15, -0.1) is 0 Å². The highest BCUT2D eigenvalue weighted by atomic mass is 79.9. The van der Waals surface area contributed by atoms with Gasteiger partial charge in [0.1, 0.15) is 5.69 Å². The number of aryl methyl sites for hydroxylation is 1. The van der Waals surface area contributed by atoms with E-state index < -0.39 is 0 Å². The molecule has 0 aliphatic rings. The van der Waals surface area contributed by atoms with Crippen LogP contribution in [0.15, 0.2) is 16.7 Å². The lowest BCUT2D eigenvalue weighted by atomic mass is 10.2. The molecule has 0 bridgehead atoms. The molecule has 90 valence electrons. The SMILES string of the molecule is CCN(CC(C)C)C(=O)c1cc(Br)cn1C. The van der Waals surface area contributed by atoms with Gasteiger partial charge < -0.3 is 9.47 Å². The average molecular weight is 287 g/mol. The van der Waals surface area contributed by atoms with Crippen LogP contribution in [0, 0.1) is 5.92 Å². The lowest BCUT2D eigenvalue weighted by Crippen LogP contribution is -2.34. The smallest absolute Gasteiger partial charge is 0.270 e. The van der Waals surface area contributed by atoms with E-state index >= 15 is 0 Å². The van der Waals surface area contributed by atoms with Crippen LogP contribution >= 0.6 is 15.9 Å². The molecule has 3 nitrogen and oxygen atoms in total. The third-order valence-electron chi connectivity index (χ3n) is 2.45. The van der Waals surface area contributed by atoms with E-state index in [1.54, 1.807) is 0 Å². The van der Waals surface area contributed by atoms with Crippen molar-refractivity contribution in [3.63, 3.8) is 0 Å². The molecule has 0 radical (unpaired) electrons. The van der Waals surface area contributed by atoms with E-state index in [4.69, 9.17) is 0 Å². The highest BCUT2D eigenvalue weighted by Gasteiger charge is 2.18. The molecule has 0 aromatic carbocycles. The van der Waals surface area contributed by atoms with Crippen molar-refractivity contribution in [1.29, 1.82) is 0 Å². The topological polar surface area (TPSA) is 25.2 Å². The third-order valence-corrected chi connectivity index (χ3v) is 2.88. The van der Waals surface area contributed by atoms with Crippen LogP contribution in [0.1, 0.15) is 31.3 Å². The maximum atomic E-state index is 12.2. The van der Waals surface area contributed by atoms with Crippen LogP contribution in [0.2, 0.25) is 0 Å². The van der Waals surface area contributed by atoms with Crippen molar-refractivity contribution in [2.24, 2.45) is 13.0 Å². The molecule has 0 atom stereocenters. The molecule has 16 heavy (non-hydrogen) atoms. The van der Waals surface area contributed by atoms with E-state index in [1.165, 1.54) is 0 Å². The Labute approximate surface area is 106 Å². The number of amides is 1. The third kappa shape index (κ3) is 3.11. The minimum atomic E-state index is 0.101. The number of carbonyl (C=O) groups excluding carboxylic acids is 1. The van der Waals surface area contributed by atoms with Gasteiger partial charge in [-0.2, -0.15) is 0 Å². The number of hydrogen-bond donors (Lipinski definition) is 0. The summed E-state index contributed by atoms with van der Waals surface area (Å²) in [5.74, 6) is 0.594. The largest absolute Gasteiger partial charge is 0.345 e. The van der Waals surface area contributed by atoms with E-state index in [0.717, 1.165) is 23.3 Å². The van der Waals surface area contributed by atoms with Crippen LogP contribution in [0.5, 0.6) is 0 Å². The van der Waals surface area contributed by atoms with Crippen molar-refractivity contribution in [2.45, 2.75) is 20.8 Å². The molecule has 0 unspecified atom stereocenters. The van der Waals surface area contributed by atoms with Crippen molar-refractivity contribution >= 4 is 21.8 Å². The van der Waals surface area contributed by atoms with Gasteiger partial charge in [0, 0.05) is 30.8 Å². The van der Waals surface area contributed by atoms with Crippen LogP contribution in [0.3, 0.4) is 0 Å². The maximum Gasteiger partial charge on any atom is 0.270 e. The number of hydrogen-bond acceptors (Lipinski definition) is 1. The van der Waals surface area contributed by atoms with E-state index in [-0.39, 0.29) is 5.91 Å². The number of aromatic nitrogens is 1. The standard InChI is InChI=1S/C12H19BrN2O/c1-5-15(7-9(2)3)12(16)11-6-10(13)8-14(11)4/h6,8-9H,5,7H2,1-4H3. The second-order valence-corrected chi connectivity index (χ2v) is 5.31. The fraction of sp³-hybridized carbons (Fsp3) is 0.583. The molecule has 0 spiro atoms.